The molecule has 0 saturated carbocycles. The molecule has 0 aromatic heterocycles. The van der Waals surface area contributed by atoms with E-state index >= 15 is 0 Å². The van der Waals surface area contributed by atoms with Gasteiger partial charge in [-0.25, -0.2) is 0 Å². The van der Waals surface area contributed by atoms with Crippen molar-refractivity contribution in [2.24, 2.45) is 0 Å². The number of nitrogens with zero attached hydrogens (tertiary/aromatic N) is 1. The summed E-state index contributed by atoms with van der Waals surface area (Å²) in [5.74, 6) is 0.0976. The first-order valence-corrected chi connectivity index (χ1v) is 7.28. The summed E-state index contributed by atoms with van der Waals surface area (Å²) >= 11 is 6.19. The Kier molecular flexibility index (Phi) is 7.46. The molecule has 0 bridgehead atoms. The fraction of sp³-hybridized carbons (Fsp3) is 0.533. The van der Waals surface area contributed by atoms with E-state index in [1.165, 1.54) is 0 Å². The Morgan fingerprint density at radius 3 is 2.86 bits per heavy atom. The molecule has 21 heavy (non-hydrogen) atoms. The van der Waals surface area contributed by atoms with Crippen molar-refractivity contribution in [3.8, 4) is 0 Å². The van der Waals surface area contributed by atoms with Crippen molar-refractivity contribution in [3.05, 3.63) is 34.9 Å². The Balaban J connectivity index is 0.00000220. The predicted octanol–water partition coefficient (Wildman–Crippen LogP) is 2.66. The van der Waals surface area contributed by atoms with Gasteiger partial charge in [0.1, 0.15) is 0 Å². The fourth-order valence-electron chi connectivity index (χ4n) is 2.34. The number of hydrogen-bond acceptors (Lipinski definition) is 3. The van der Waals surface area contributed by atoms with Crippen molar-refractivity contribution in [3.63, 3.8) is 0 Å². The molecule has 2 rings (SSSR count). The molecule has 0 aliphatic carbocycles. The van der Waals surface area contributed by atoms with Crippen molar-refractivity contribution in [1.29, 1.82) is 0 Å². The van der Waals surface area contributed by atoms with Crippen molar-refractivity contribution in [2.45, 2.75) is 25.4 Å². The first kappa shape index (κ1) is 18.2. The number of halogens is 2. The average Bonchev–Trinajstić information content (AvgIpc) is 2.47. The minimum Gasteiger partial charge on any atom is -0.378 e. The number of carbonyl (C=O) groups excluding carboxylic acids is 1. The lowest BCUT2D eigenvalue weighted by Crippen LogP contribution is -2.44. The van der Waals surface area contributed by atoms with Crippen molar-refractivity contribution >= 4 is 29.9 Å². The maximum atomic E-state index is 12.3. The van der Waals surface area contributed by atoms with E-state index in [0.717, 1.165) is 18.7 Å². The minimum absolute atomic E-state index is 0. The first-order chi connectivity index (χ1) is 9.59. The molecule has 1 heterocycles. The van der Waals surface area contributed by atoms with Crippen LogP contribution in [0.4, 0.5) is 0 Å². The highest BCUT2D eigenvalue weighted by Crippen LogP contribution is 2.26. The Morgan fingerprint density at radius 1 is 1.52 bits per heavy atom. The van der Waals surface area contributed by atoms with E-state index in [2.05, 4.69) is 5.32 Å². The number of carbonyl (C=O) groups is 1. The molecule has 118 valence electrons. The summed E-state index contributed by atoms with van der Waals surface area (Å²) in [6, 6.07) is 7.70. The molecule has 1 N–H and O–H groups in total. The van der Waals surface area contributed by atoms with Crippen LogP contribution in [-0.4, -0.2) is 43.7 Å². The van der Waals surface area contributed by atoms with E-state index in [1.54, 1.807) is 4.90 Å². The summed E-state index contributed by atoms with van der Waals surface area (Å²) in [6.45, 7) is 4.11. The van der Waals surface area contributed by atoms with Gasteiger partial charge < -0.3 is 15.0 Å². The van der Waals surface area contributed by atoms with Gasteiger partial charge >= 0.3 is 0 Å². The minimum atomic E-state index is -0.0410. The summed E-state index contributed by atoms with van der Waals surface area (Å²) in [7, 11) is 1.82. The molecule has 0 radical (unpaired) electrons. The highest BCUT2D eigenvalue weighted by atomic mass is 35.5. The van der Waals surface area contributed by atoms with Crippen LogP contribution in [0.15, 0.2) is 24.3 Å². The maximum Gasteiger partial charge on any atom is 0.224 e. The van der Waals surface area contributed by atoms with Crippen molar-refractivity contribution < 1.29 is 9.53 Å². The number of amides is 1. The number of benzene rings is 1. The Morgan fingerprint density at radius 2 is 2.24 bits per heavy atom. The zero-order valence-electron chi connectivity index (χ0n) is 12.3. The SMILES string of the molecule is CC(c1ccccc1Cl)N(C)C(=O)CC1COCCN1.Cl. The molecular formula is C15H22Cl2N2O2. The molecule has 1 saturated heterocycles. The number of ether oxygens (including phenoxy) is 1. The van der Waals surface area contributed by atoms with Gasteiger partial charge in [-0.15, -0.1) is 12.4 Å². The van der Waals surface area contributed by atoms with E-state index in [4.69, 9.17) is 16.3 Å². The van der Waals surface area contributed by atoms with E-state index < -0.39 is 0 Å². The third-order valence-electron chi connectivity index (χ3n) is 3.75. The summed E-state index contributed by atoms with van der Waals surface area (Å²) in [5.41, 5.74) is 0.970. The summed E-state index contributed by atoms with van der Waals surface area (Å²) in [5, 5.41) is 3.99. The monoisotopic (exact) mass is 332 g/mol. The Hall–Kier alpha value is -0.810. The van der Waals surface area contributed by atoms with Crippen LogP contribution in [0.2, 0.25) is 5.02 Å². The highest BCUT2D eigenvalue weighted by Gasteiger charge is 2.23. The lowest BCUT2D eigenvalue weighted by Gasteiger charge is -2.29. The molecule has 2 atom stereocenters. The Bertz CT molecular complexity index is 465. The van der Waals surface area contributed by atoms with E-state index in [0.29, 0.717) is 18.1 Å². The summed E-state index contributed by atoms with van der Waals surface area (Å²) < 4.78 is 5.37. The van der Waals surface area contributed by atoms with Crippen molar-refractivity contribution in [1.82, 2.24) is 10.2 Å². The second kappa shape index (κ2) is 8.59. The molecule has 6 heteroatoms. The first-order valence-electron chi connectivity index (χ1n) is 6.91. The van der Waals surface area contributed by atoms with Gasteiger partial charge in [0.15, 0.2) is 0 Å². The molecule has 1 fully saturated rings. The van der Waals surface area contributed by atoms with Gasteiger partial charge in [0, 0.05) is 31.1 Å². The van der Waals surface area contributed by atoms with Crippen LogP contribution in [0, 0.1) is 0 Å². The maximum absolute atomic E-state index is 12.3. The topological polar surface area (TPSA) is 41.6 Å². The van der Waals surface area contributed by atoms with Gasteiger partial charge in [0.25, 0.3) is 0 Å². The van der Waals surface area contributed by atoms with Crippen LogP contribution in [0.25, 0.3) is 0 Å². The third-order valence-corrected chi connectivity index (χ3v) is 4.09. The average molecular weight is 333 g/mol. The number of hydrogen-bond donors (Lipinski definition) is 1. The van der Waals surface area contributed by atoms with E-state index in [1.807, 2.05) is 38.2 Å². The zero-order chi connectivity index (χ0) is 14.5. The normalized spacial score (nSPS) is 19.5. The second-order valence-electron chi connectivity index (χ2n) is 5.13. The molecular weight excluding hydrogens is 311 g/mol. The predicted molar refractivity (Wildman–Crippen MR) is 87.1 cm³/mol. The fourth-order valence-corrected chi connectivity index (χ4v) is 2.64. The van der Waals surface area contributed by atoms with Gasteiger partial charge in [-0.05, 0) is 18.6 Å². The van der Waals surface area contributed by atoms with Gasteiger partial charge in [0.2, 0.25) is 5.91 Å². The van der Waals surface area contributed by atoms with Gasteiger partial charge in [0.05, 0.1) is 19.3 Å². The quantitative estimate of drug-likeness (QED) is 0.921. The smallest absolute Gasteiger partial charge is 0.224 e. The van der Waals surface area contributed by atoms with Crippen molar-refractivity contribution in [2.75, 3.05) is 26.8 Å². The van der Waals surface area contributed by atoms with Gasteiger partial charge in [-0.1, -0.05) is 29.8 Å². The third kappa shape index (κ3) is 4.85. The van der Waals surface area contributed by atoms with Crippen LogP contribution in [0.1, 0.15) is 24.9 Å². The number of nitrogens with one attached hydrogen (secondary N) is 1. The van der Waals surface area contributed by atoms with Crippen LogP contribution in [0.3, 0.4) is 0 Å². The summed E-state index contributed by atoms with van der Waals surface area (Å²) in [6.07, 6.45) is 0.450. The second-order valence-corrected chi connectivity index (χ2v) is 5.54. The molecule has 2 unspecified atom stereocenters. The van der Waals surface area contributed by atoms with Crippen LogP contribution in [-0.2, 0) is 9.53 Å². The zero-order valence-corrected chi connectivity index (χ0v) is 13.9. The number of morpholine rings is 1. The highest BCUT2D eigenvalue weighted by molar-refractivity contribution is 6.31. The molecule has 0 spiro atoms. The molecule has 1 aliphatic heterocycles. The van der Waals surface area contributed by atoms with E-state index in [-0.39, 0.29) is 30.4 Å². The molecule has 1 aromatic carbocycles. The largest absolute Gasteiger partial charge is 0.378 e. The van der Waals surface area contributed by atoms with Crippen LogP contribution >= 0.6 is 24.0 Å². The van der Waals surface area contributed by atoms with Gasteiger partial charge in [-0.2, -0.15) is 0 Å². The standard InChI is InChI=1S/C15H21ClN2O2.ClH/c1-11(13-5-3-4-6-14(13)16)18(2)15(19)9-12-10-20-8-7-17-12;/h3-6,11-12,17H,7-10H2,1-2H3;1H. The molecule has 1 amide bonds. The molecule has 1 aliphatic rings. The Labute approximate surface area is 137 Å². The molecule has 4 nitrogen and oxygen atoms in total. The summed E-state index contributed by atoms with van der Waals surface area (Å²) in [4.78, 5) is 14.1. The lowest BCUT2D eigenvalue weighted by molar-refractivity contribution is -0.133. The van der Waals surface area contributed by atoms with Gasteiger partial charge in [-0.3, -0.25) is 4.79 Å². The lowest BCUT2D eigenvalue weighted by atomic mass is 10.1. The molecule has 1 aromatic rings. The van der Waals surface area contributed by atoms with Crippen LogP contribution in [0.5, 0.6) is 0 Å². The number of rotatable bonds is 4. The van der Waals surface area contributed by atoms with E-state index in [9.17, 15) is 4.79 Å². The van der Waals surface area contributed by atoms with Crippen LogP contribution < -0.4 is 5.32 Å².